The van der Waals surface area contributed by atoms with Crippen LogP contribution >= 0.6 is 11.3 Å². The van der Waals surface area contributed by atoms with Gasteiger partial charge in [0.25, 0.3) is 5.56 Å². The zero-order chi connectivity index (χ0) is 19.1. The summed E-state index contributed by atoms with van der Waals surface area (Å²) in [6.45, 7) is 0. The predicted molar refractivity (Wildman–Crippen MR) is 106 cm³/mol. The van der Waals surface area contributed by atoms with Gasteiger partial charge in [-0.15, -0.1) is 0 Å². The average molecular weight is 388 g/mol. The number of ether oxygens (including phenoxy) is 1. The van der Waals surface area contributed by atoms with Gasteiger partial charge in [0.1, 0.15) is 5.75 Å². The molecule has 3 heterocycles. The summed E-state index contributed by atoms with van der Waals surface area (Å²) < 4.78 is 12.5. The van der Waals surface area contributed by atoms with E-state index in [-0.39, 0.29) is 11.3 Å². The second kappa shape index (κ2) is 6.47. The molecule has 0 amide bonds. The van der Waals surface area contributed by atoms with Crippen molar-refractivity contribution in [2.24, 2.45) is 0 Å². The highest BCUT2D eigenvalue weighted by atomic mass is 32.1. The number of furan rings is 1. The molecule has 6 nitrogen and oxygen atoms in total. The summed E-state index contributed by atoms with van der Waals surface area (Å²) in [5.74, 6) is -0.0244. The van der Waals surface area contributed by atoms with Gasteiger partial charge < -0.3 is 9.15 Å². The largest absolute Gasteiger partial charge is 0.457 e. The van der Waals surface area contributed by atoms with Gasteiger partial charge in [0.05, 0.1) is 21.8 Å². The lowest BCUT2D eigenvalue weighted by molar-refractivity contribution is 0.0701. The van der Waals surface area contributed by atoms with Crippen LogP contribution in [0, 0.1) is 0 Å². The van der Waals surface area contributed by atoms with Gasteiger partial charge >= 0.3 is 5.97 Å². The summed E-state index contributed by atoms with van der Waals surface area (Å²) in [5.41, 5.74) is 2.34. The van der Waals surface area contributed by atoms with Crippen molar-refractivity contribution in [1.29, 1.82) is 0 Å². The first-order chi connectivity index (χ1) is 13.7. The Morgan fingerprint density at radius 2 is 1.89 bits per heavy atom. The van der Waals surface area contributed by atoms with E-state index in [9.17, 15) is 9.59 Å². The van der Waals surface area contributed by atoms with Crippen molar-refractivity contribution in [3.05, 3.63) is 93.1 Å². The number of hydrogen-bond donors (Lipinski definition) is 0. The first-order valence-corrected chi connectivity index (χ1v) is 9.28. The third-order valence-electron chi connectivity index (χ3n) is 4.26. The molecular formula is C21H12N2O4S. The minimum absolute atomic E-state index is 0.0953. The number of esters is 1. The number of carbonyl (C=O) groups is 1. The Morgan fingerprint density at radius 3 is 2.68 bits per heavy atom. The Kier molecular flexibility index (Phi) is 3.80. The molecule has 0 saturated heterocycles. The lowest BCUT2D eigenvalue weighted by Crippen LogP contribution is -2.22. The molecule has 5 rings (SSSR count). The van der Waals surface area contributed by atoms with Crippen molar-refractivity contribution in [2.45, 2.75) is 0 Å². The molecule has 0 unspecified atom stereocenters. The van der Waals surface area contributed by atoms with E-state index < -0.39 is 5.97 Å². The van der Waals surface area contributed by atoms with Gasteiger partial charge in [-0.05, 0) is 48.0 Å². The molecule has 2 aromatic carbocycles. The molecule has 0 saturated carbocycles. The normalized spacial score (nSPS) is 12.1. The number of aromatic nitrogens is 2. The second-order valence-corrected chi connectivity index (χ2v) is 7.08. The second-order valence-electron chi connectivity index (χ2n) is 6.07. The van der Waals surface area contributed by atoms with E-state index in [1.165, 1.54) is 23.7 Å². The van der Waals surface area contributed by atoms with Gasteiger partial charge in [-0.25, -0.2) is 14.2 Å². The molecule has 0 fully saturated rings. The molecule has 0 spiro atoms. The van der Waals surface area contributed by atoms with E-state index in [1.807, 2.05) is 24.3 Å². The van der Waals surface area contributed by atoms with Crippen LogP contribution in [0.2, 0.25) is 0 Å². The Morgan fingerprint density at radius 1 is 1.07 bits per heavy atom. The number of fused-ring (bicyclic) bond motifs is 3. The molecule has 5 aromatic rings. The van der Waals surface area contributed by atoms with Crippen molar-refractivity contribution < 1.29 is 13.9 Å². The van der Waals surface area contributed by atoms with Gasteiger partial charge in [0, 0.05) is 0 Å². The molecule has 7 heteroatoms. The molecule has 0 N–H and O–H groups in total. The van der Waals surface area contributed by atoms with Crippen LogP contribution < -0.4 is 14.8 Å². The molecule has 0 aliphatic carbocycles. The van der Waals surface area contributed by atoms with Gasteiger partial charge in [-0.1, -0.05) is 35.6 Å². The third kappa shape index (κ3) is 2.78. The molecule has 0 atom stereocenters. The number of imidazole rings is 1. The van der Waals surface area contributed by atoms with Crippen molar-refractivity contribution in [3.8, 4) is 5.75 Å². The Labute approximate surface area is 161 Å². The minimum atomic E-state index is -0.560. The monoisotopic (exact) mass is 388 g/mol. The Bertz CT molecular complexity index is 1410. The molecule has 0 aliphatic rings. The molecule has 28 heavy (non-hydrogen) atoms. The number of benzene rings is 2. The number of nitrogens with zero attached hydrogens (tertiary/aromatic N) is 2. The summed E-state index contributed by atoms with van der Waals surface area (Å²) in [6.07, 6.45) is 3.21. The lowest BCUT2D eigenvalue weighted by Gasteiger charge is -2.02. The standard InChI is InChI=1S/C21H12N2O4S/c24-19-18(28-21-22-15-4-1-2-5-16(15)23(19)21)12-13-7-9-14(10-8-13)27-20(25)17-6-3-11-26-17/h1-12H. The lowest BCUT2D eigenvalue weighted by atomic mass is 10.2. The molecule has 0 radical (unpaired) electrons. The van der Waals surface area contributed by atoms with Crippen molar-refractivity contribution in [3.63, 3.8) is 0 Å². The zero-order valence-corrected chi connectivity index (χ0v) is 15.2. The zero-order valence-electron chi connectivity index (χ0n) is 14.4. The molecule has 0 bridgehead atoms. The molecule has 0 aliphatic heterocycles. The van der Waals surface area contributed by atoms with Crippen molar-refractivity contribution >= 4 is 39.4 Å². The van der Waals surface area contributed by atoms with Crippen LogP contribution in [0.5, 0.6) is 5.75 Å². The first-order valence-electron chi connectivity index (χ1n) is 8.46. The summed E-state index contributed by atoms with van der Waals surface area (Å²) in [6, 6.07) is 17.6. The average Bonchev–Trinajstić information content (AvgIpc) is 3.41. The highest BCUT2D eigenvalue weighted by Gasteiger charge is 2.12. The van der Waals surface area contributed by atoms with Gasteiger partial charge in [0.15, 0.2) is 4.96 Å². The molecular weight excluding hydrogens is 376 g/mol. The smallest absolute Gasteiger partial charge is 0.379 e. The van der Waals surface area contributed by atoms with E-state index in [4.69, 9.17) is 9.15 Å². The fraction of sp³-hybridized carbons (Fsp3) is 0. The van der Waals surface area contributed by atoms with Crippen LogP contribution in [0.4, 0.5) is 0 Å². The van der Waals surface area contributed by atoms with Crippen LogP contribution in [0.25, 0.3) is 22.1 Å². The van der Waals surface area contributed by atoms with Crippen molar-refractivity contribution in [1.82, 2.24) is 9.38 Å². The van der Waals surface area contributed by atoms with E-state index in [2.05, 4.69) is 4.98 Å². The summed E-state index contributed by atoms with van der Waals surface area (Å²) >= 11 is 1.34. The highest BCUT2D eigenvalue weighted by molar-refractivity contribution is 7.15. The summed E-state index contributed by atoms with van der Waals surface area (Å²) in [5, 5.41) is 0. The van der Waals surface area contributed by atoms with Crippen LogP contribution in [0.15, 0.2) is 76.1 Å². The Hall–Kier alpha value is -3.71. The maximum atomic E-state index is 12.8. The molecule has 3 aromatic heterocycles. The molecule has 136 valence electrons. The number of thiazole rings is 1. The van der Waals surface area contributed by atoms with Gasteiger partial charge in [-0.2, -0.15) is 0 Å². The first kappa shape index (κ1) is 16.5. The number of para-hydroxylation sites is 2. The van der Waals surface area contributed by atoms with Gasteiger partial charge in [-0.3, -0.25) is 4.79 Å². The van der Waals surface area contributed by atoms with E-state index >= 15 is 0 Å². The van der Waals surface area contributed by atoms with Crippen LogP contribution in [-0.2, 0) is 0 Å². The van der Waals surface area contributed by atoms with E-state index in [1.54, 1.807) is 40.8 Å². The Balaban J connectivity index is 1.47. The topological polar surface area (TPSA) is 73.8 Å². The van der Waals surface area contributed by atoms with Crippen LogP contribution in [0.3, 0.4) is 0 Å². The summed E-state index contributed by atoms with van der Waals surface area (Å²) in [7, 11) is 0. The number of hydrogen-bond acceptors (Lipinski definition) is 6. The summed E-state index contributed by atoms with van der Waals surface area (Å²) in [4.78, 5) is 29.8. The highest BCUT2D eigenvalue weighted by Crippen LogP contribution is 2.17. The fourth-order valence-electron chi connectivity index (χ4n) is 2.95. The SMILES string of the molecule is O=C(Oc1ccc(C=c2sc3nc4ccccc4n3c2=O)cc1)c1ccco1. The minimum Gasteiger partial charge on any atom is -0.457 e. The van der Waals surface area contributed by atoms with Gasteiger partial charge in [0.2, 0.25) is 5.76 Å². The maximum absolute atomic E-state index is 12.8. The third-order valence-corrected chi connectivity index (χ3v) is 5.22. The predicted octanol–water partition coefficient (Wildman–Crippen LogP) is 3.27. The fourth-order valence-corrected chi connectivity index (χ4v) is 3.93. The quantitative estimate of drug-likeness (QED) is 0.350. The van der Waals surface area contributed by atoms with Crippen LogP contribution in [-0.4, -0.2) is 15.4 Å². The van der Waals surface area contributed by atoms with E-state index in [0.29, 0.717) is 15.2 Å². The number of carbonyl (C=O) groups excluding carboxylic acids is 1. The van der Waals surface area contributed by atoms with Crippen LogP contribution in [0.1, 0.15) is 16.1 Å². The maximum Gasteiger partial charge on any atom is 0.379 e. The van der Waals surface area contributed by atoms with Crippen molar-refractivity contribution in [2.75, 3.05) is 0 Å². The van der Waals surface area contributed by atoms with E-state index in [0.717, 1.165) is 16.6 Å². The number of rotatable bonds is 3.